The van der Waals surface area contributed by atoms with E-state index in [0.29, 0.717) is 16.5 Å². The maximum Gasteiger partial charge on any atom is 0.234 e. The summed E-state index contributed by atoms with van der Waals surface area (Å²) >= 11 is 1.10. The molecule has 0 radical (unpaired) electrons. The number of rotatable bonds is 6. The van der Waals surface area contributed by atoms with Crippen molar-refractivity contribution in [3.63, 3.8) is 0 Å². The third kappa shape index (κ3) is 4.22. The summed E-state index contributed by atoms with van der Waals surface area (Å²) in [5, 5.41) is 25.0. The monoisotopic (exact) mass is 372 g/mol. The van der Waals surface area contributed by atoms with Crippen molar-refractivity contribution in [2.75, 3.05) is 11.1 Å². The molecule has 1 N–H and O–H groups in total. The number of aromatic carboxylic acids is 1. The van der Waals surface area contributed by atoms with E-state index in [1.165, 1.54) is 53.2 Å². The van der Waals surface area contributed by atoms with Gasteiger partial charge >= 0.3 is 0 Å². The van der Waals surface area contributed by atoms with Gasteiger partial charge in [0, 0.05) is 5.69 Å². The van der Waals surface area contributed by atoms with E-state index in [1.807, 2.05) is 0 Å². The van der Waals surface area contributed by atoms with E-state index in [9.17, 15) is 19.1 Å². The minimum atomic E-state index is -1.28. The highest BCUT2D eigenvalue weighted by atomic mass is 32.2. The smallest absolute Gasteiger partial charge is 0.234 e. The molecule has 0 aliphatic carbocycles. The molecule has 0 aliphatic heterocycles. The Hall–Kier alpha value is -3.27. The number of carboxylic acid groups (broad SMARTS) is 1. The van der Waals surface area contributed by atoms with Gasteiger partial charge in [-0.1, -0.05) is 23.9 Å². The lowest BCUT2D eigenvalue weighted by Gasteiger charge is -2.07. The number of benzene rings is 2. The number of amides is 1. The molecule has 0 fully saturated rings. The summed E-state index contributed by atoms with van der Waals surface area (Å²) in [5.41, 5.74) is 1.06. The number of tetrazole rings is 1. The number of hydrogen-bond acceptors (Lipinski definition) is 7. The average Bonchev–Trinajstić information content (AvgIpc) is 3.10. The fourth-order valence-electron chi connectivity index (χ4n) is 2.03. The van der Waals surface area contributed by atoms with Crippen molar-refractivity contribution < 1.29 is 19.1 Å². The summed E-state index contributed by atoms with van der Waals surface area (Å²) in [7, 11) is 0. The number of nitrogens with one attached hydrogen (secondary N) is 1. The number of carbonyl (C=O) groups is 2. The fourth-order valence-corrected chi connectivity index (χ4v) is 2.72. The zero-order valence-electron chi connectivity index (χ0n) is 13.1. The predicted octanol–water partition coefficient (Wildman–Crippen LogP) is 0.896. The van der Waals surface area contributed by atoms with Gasteiger partial charge in [-0.05, 0) is 52.4 Å². The summed E-state index contributed by atoms with van der Waals surface area (Å²) in [6, 6.07) is 11.2. The van der Waals surface area contributed by atoms with Crippen LogP contribution >= 0.6 is 11.8 Å². The van der Waals surface area contributed by atoms with Gasteiger partial charge in [0.15, 0.2) is 0 Å². The van der Waals surface area contributed by atoms with E-state index in [1.54, 1.807) is 0 Å². The van der Waals surface area contributed by atoms with Gasteiger partial charge in [-0.3, -0.25) is 4.79 Å². The van der Waals surface area contributed by atoms with Crippen LogP contribution in [0.3, 0.4) is 0 Å². The maximum atomic E-state index is 12.9. The molecule has 1 aromatic heterocycles. The molecule has 0 saturated carbocycles. The summed E-state index contributed by atoms with van der Waals surface area (Å²) in [6.07, 6.45) is 0. The molecule has 1 heterocycles. The second-order valence-corrected chi connectivity index (χ2v) is 5.99. The van der Waals surface area contributed by atoms with Crippen molar-refractivity contribution in [1.29, 1.82) is 0 Å². The average molecular weight is 372 g/mol. The first-order valence-corrected chi connectivity index (χ1v) is 8.30. The van der Waals surface area contributed by atoms with E-state index >= 15 is 0 Å². The van der Waals surface area contributed by atoms with Crippen molar-refractivity contribution >= 4 is 29.3 Å². The number of carboxylic acids is 1. The second-order valence-electron chi connectivity index (χ2n) is 5.05. The lowest BCUT2D eigenvalue weighted by molar-refractivity contribution is -0.255. The van der Waals surface area contributed by atoms with Crippen molar-refractivity contribution in [1.82, 2.24) is 20.2 Å². The number of hydrogen-bond donors (Lipinski definition) is 1. The summed E-state index contributed by atoms with van der Waals surface area (Å²) in [5.74, 6) is -1.93. The zero-order chi connectivity index (χ0) is 18.5. The molecule has 8 nitrogen and oxygen atoms in total. The number of carbonyl (C=O) groups excluding carboxylic acids is 2. The van der Waals surface area contributed by atoms with Gasteiger partial charge < -0.3 is 15.2 Å². The Morgan fingerprint density at radius 3 is 2.46 bits per heavy atom. The maximum absolute atomic E-state index is 12.9. The van der Waals surface area contributed by atoms with E-state index in [-0.39, 0.29) is 23.0 Å². The Balaban J connectivity index is 1.64. The zero-order valence-corrected chi connectivity index (χ0v) is 13.9. The van der Waals surface area contributed by atoms with Crippen molar-refractivity contribution in [3.05, 3.63) is 59.9 Å². The highest BCUT2D eigenvalue weighted by Crippen LogP contribution is 2.19. The van der Waals surface area contributed by atoms with E-state index in [2.05, 4.69) is 20.8 Å². The first-order valence-electron chi connectivity index (χ1n) is 7.31. The molecule has 3 rings (SSSR count). The molecule has 2 aromatic carbocycles. The normalized spacial score (nSPS) is 10.5. The van der Waals surface area contributed by atoms with Crippen LogP contribution in [0.25, 0.3) is 5.69 Å². The minimum absolute atomic E-state index is 0.0366. The van der Waals surface area contributed by atoms with Crippen LogP contribution in [0.5, 0.6) is 0 Å². The van der Waals surface area contributed by atoms with Crippen LogP contribution < -0.4 is 10.4 Å². The third-order valence-corrected chi connectivity index (χ3v) is 4.17. The summed E-state index contributed by atoms with van der Waals surface area (Å²) in [6.45, 7) is 0. The lowest BCUT2D eigenvalue weighted by Crippen LogP contribution is -2.22. The third-order valence-electron chi connectivity index (χ3n) is 3.25. The largest absolute Gasteiger partial charge is 0.545 e. The van der Waals surface area contributed by atoms with Crippen LogP contribution in [0.1, 0.15) is 10.4 Å². The minimum Gasteiger partial charge on any atom is -0.545 e. The van der Waals surface area contributed by atoms with Gasteiger partial charge in [0.1, 0.15) is 5.82 Å². The molecule has 132 valence electrons. The van der Waals surface area contributed by atoms with E-state index < -0.39 is 5.97 Å². The summed E-state index contributed by atoms with van der Waals surface area (Å²) < 4.78 is 14.2. The van der Waals surface area contributed by atoms with E-state index in [0.717, 1.165) is 11.8 Å². The van der Waals surface area contributed by atoms with E-state index in [4.69, 9.17) is 0 Å². The molecule has 0 atom stereocenters. The predicted molar refractivity (Wildman–Crippen MR) is 89.2 cm³/mol. The van der Waals surface area contributed by atoms with Crippen molar-refractivity contribution in [2.24, 2.45) is 0 Å². The van der Waals surface area contributed by atoms with Crippen LogP contribution in [0.4, 0.5) is 10.1 Å². The van der Waals surface area contributed by atoms with Crippen LogP contribution in [0, 0.1) is 5.82 Å². The molecule has 3 aromatic rings. The van der Waals surface area contributed by atoms with Gasteiger partial charge in [0.2, 0.25) is 11.1 Å². The van der Waals surface area contributed by atoms with Gasteiger partial charge in [-0.25, -0.2) is 4.39 Å². The van der Waals surface area contributed by atoms with Crippen LogP contribution in [-0.2, 0) is 4.79 Å². The first kappa shape index (κ1) is 17.5. The molecule has 0 spiro atoms. The SMILES string of the molecule is O=C(CSc1nnnn1-c1ccc(C(=O)[O-])cc1)Nc1ccc(F)cc1. The standard InChI is InChI=1S/C16H12FN5O3S/c17-11-3-5-12(6-4-11)18-14(23)9-26-16-19-20-21-22(16)13-7-1-10(2-8-13)15(24)25/h1-8H,9H2,(H,18,23)(H,24,25)/p-1. The molecule has 10 heteroatoms. The Bertz CT molecular complexity index is 928. The Labute approximate surface area is 151 Å². The number of anilines is 1. The number of thioether (sulfide) groups is 1. The first-order chi connectivity index (χ1) is 12.5. The second kappa shape index (κ2) is 7.74. The number of nitrogens with zero attached hydrogens (tertiary/aromatic N) is 4. The van der Waals surface area contributed by atoms with Crippen LogP contribution in [0.15, 0.2) is 53.7 Å². The van der Waals surface area contributed by atoms with Crippen molar-refractivity contribution in [3.8, 4) is 5.69 Å². The molecule has 0 saturated heterocycles. The number of aromatic nitrogens is 4. The highest BCUT2D eigenvalue weighted by molar-refractivity contribution is 7.99. The highest BCUT2D eigenvalue weighted by Gasteiger charge is 2.12. The quantitative estimate of drug-likeness (QED) is 0.640. The van der Waals surface area contributed by atoms with Crippen molar-refractivity contribution in [2.45, 2.75) is 5.16 Å². The van der Waals surface area contributed by atoms with Gasteiger partial charge in [0.25, 0.3) is 0 Å². The Morgan fingerprint density at radius 2 is 1.81 bits per heavy atom. The number of halogens is 1. The Morgan fingerprint density at radius 1 is 1.12 bits per heavy atom. The molecule has 26 heavy (non-hydrogen) atoms. The molecule has 1 amide bonds. The van der Waals surface area contributed by atoms with Gasteiger partial charge in [-0.2, -0.15) is 4.68 Å². The summed E-state index contributed by atoms with van der Waals surface area (Å²) in [4.78, 5) is 22.8. The topological polar surface area (TPSA) is 113 Å². The fraction of sp³-hybridized carbons (Fsp3) is 0.0625. The van der Waals surface area contributed by atoms with Crippen LogP contribution in [-0.4, -0.2) is 37.8 Å². The molecule has 0 unspecified atom stereocenters. The van der Waals surface area contributed by atoms with Crippen LogP contribution in [0.2, 0.25) is 0 Å². The molecular weight excluding hydrogens is 361 g/mol. The van der Waals surface area contributed by atoms with Gasteiger partial charge in [0.05, 0.1) is 17.4 Å². The van der Waals surface area contributed by atoms with Gasteiger partial charge in [-0.15, -0.1) is 5.10 Å². The Kier molecular flexibility index (Phi) is 5.23. The molecule has 0 aliphatic rings. The lowest BCUT2D eigenvalue weighted by atomic mass is 10.2. The molecular formula is C16H11FN5O3S-. The molecule has 0 bridgehead atoms.